The lowest BCUT2D eigenvalue weighted by molar-refractivity contribution is -0.119. The summed E-state index contributed by atoms with van der Waals surface area (Å²) in [5.74, 6) is 3.12. The highest BCUT2D eigenvalue weighted by Crippen LogP contribution is 2.35. The van der Waals surface area contributed by atoms with Crippen LogP contribution >= 0.6 is 0 Å². The van der Waals surface area contributed by atoms with Crippen molar-refractivity contribution in [2.75, 3.05) is 13.1 Å². The summed E-state index contributed by atoms with van der Waals surface area (Å²) < 4.78 is 2.19. The van der Waals surface area contributed by atoms with E-state index in [4.69, 9.17) is 5.73 Å². The predicted octanol–water partition coefficient (Wildman–Crippen LogP) is 1.56. The average Bonchev–Trinajstić information content (AvgIpc) is 2.63. The Balaban J connectivity index is 1.57. The summed E-state index contributed by atoms with van der Waals surface area (Å²) in [5, 5.41) is 8.81. The van der Waals surface area contributed by atoms with Gasteiger partial charge in [-0.15, -0.1) is 10.2 Å². The molecule has 1 unspecified atom stereocenters. The predicted molar refractivity (Wildman–Crippen MR) is 84.0 cm³/mol. The Morgan fingerprint density at radius 1 is 1.18 bits per heavy atom. The Morgan fingerprint density at radius 2 is 2.00 bits per heavy atom. The highest BCUT2D eigenvalue weighted by Gasteiger charge is 2.26. The first kappa shape index (κ1) is 15.5. The van der Waals surface area contributed by atoms with E-state index in [-0.39, 0.29) is 5.91 Å². The van der Waals surface area contributed by atoms with Crippen LogP contribution in [0.5, 0.6) is 0 Å². The number of hydrogen-bond acceptors (Lipinski definition) is 4. The van der Waals surface area contributed by atoms with Crippen LogP contribution in [0, 0.1) is 5.92 Å². The third-order valence-corrected chi connectivity index (χ3v) is 5.26. The van der Waals surface area contributed by atoms with E-state index in [1.807, 2.05) is 0 Å². The minimum Gasteiger partial charge on any atom is -0.370 e. The van der Waals surface area contributed by atoms with Crippen LogP contribution in [0.25, 0.3) is 0 Å². The van der Waals surface area contributed by atoms with Gasteiger partial charge in [0.25, 0.3) is 0 Å². The normalized spacial score (nSPS) is 24.0. The summed E-state index contributed by atoms with van der Waals surface area (Å²) in [6.07, 6.45) is 7.64. The Hall–Kier alpha value is -1.43. The van der Waals surface area contributed by atoms with Gasteiger partial charge in [-0.05, 0) is 51.1 Å². The van der Waals surface area contributed by atoms with Crippen molar-refractivity contribution in [3.05, 3.63) is 11.6 Å². The highest BCUT2D eigenvalue weighted by atomic mass is 16.1. The van der Waals surface area contributed by atoms with E-state index in [0.717, 1.165) is 50.5 Å². The molecule has 2 N–H and O–H groups in total. The zero-order valence-electron chi connectivity index (χ0n) is 13.5. The fourth-order valence-corrected chi connectivity index (χ4v) is 3.61. The number of nitrogens with zero attached hydrogens (tertiary/aromatic N) is 4. The van der Waals surface area contributed by atoms with Gasteiger partial charge < -0.3 is 10.3 Å². The number of likely N-dealkylation sites (tertiary alicyclic amines) is 1. The number of carbonyl (C=O) groups excluding carboxylic acids is 1. The molecular formula is C16H27N5O. The average molecular weight is 305 g/mol. The molecule has 0 spiro atoms. The maximum atomic E-state index is 11.1. The molecule has 0 aromatic carbocycles. The van der Waals surface area contributed by atoms with Gasteiger partial charge in [-0.2, -0.15) is 0 Å². The van der Waals surface area contributed by atoms with Crippen molar-refractivity contribution in [3.63, 3.8) is 0 Å². The molecule has 22 heavy (non-hydrogen) atoms. The van der Waals surface area contributed by atoms with Crippen molar-refractivity contribution in [2.45, 2.75) is 57.4 Å². The molecule has 1 atom stereocenters. The van der Waals surface area contributed by atoms with E-state index in [1.165, 1.54) is 19.3 Å². The molecule has 2 fully saturated rings. The Bertz CT molecular complexity index is 523. The second-order valence-electron chi connectivity index (χ2n) is 6.90. The summed E-state index contributed by atoms with van der Waals surface area (Å²) in [5.41, 5.74) is 5.33. The Labute approximate surface area is 132 Å². The lowest BCUT2D eigenvalue weighted by atomic mass is 9.85. The minimum absolute atomic E-state index is 0.170. The van der Waals surface area contributed by atoms with Gasteiger partial charge >= 0.3 is 0 Å². The van der Waals surface area contributed by atoms with Crippen LogP contribution in [-0.4, -0.2) is 38.7 Å². The van der Waals surface area contributed by atoms with E-state index >= 15 is 0 Å². The van der Waals surface area contributed by atoms with Crippen molar-refractivity contribution in [3.8, 4) is 0 Å². The summed E-state index contributed by atoms with van der Waals surface area (Å²) in [7, 11) is 2.09. The molecule has 3 rings (SSSR count). The first-order valence-corrected chi connectivity index (χ1v) is 8.52. The van der Waals surface area contributed by atoms with Gasteiger partial charge in [0.05, 0.1) is 6.54 Å². The molecule has 6 heteroatoms. The molecule has 1 aliphatic carbocycles. The highest BCUT2D eigenvalue weighted by molar-refractivity contribution is 5.73. The number of nitrogens with two attached hydrogens (primary N) is 1. The summed E-state index contributed by atoms with van der Waals surface area (Å²) in [6.45, 7) is 2.95. The molecule has 0 bridgehead atoms. The van der Waals surface area contributed by atoms with Crippen molar-refractivity contribution in [1.29, 1.82) is 0 Å². The quantitative estimate of drug-likeness (QED) is 0.895. The molecule has 2 heterocycles. The first-order valence-electron chi connectivity index (χ1n) is 8.52. The fourth-order valence-electron chi connectivity index (χ4n) is 3.61. The topological polar surface area (TPSA) is 77.0 Å². The second kappa shape index (κ2) is 6.77. The molecule has 6 nitrogen and oxygen atoms in total. The monoisotopic (exact) mass is 305 g/mol. The van der Waals surface area contributed by atoms with Crippen molar-refractivity contribution >= 4 is 5.91 Å². The molecule has 1 amide bonds. The maximum Gasteiger partial charge on any atom is 0.217 e. The van der Waals surface area contributed by atoms with Gasteiger partial charge in [0.1, 0.15) is 11.6 Å². The maximum absolute atomic E-state index is 11.1. The van der Waals surface area contributed by atoms with Crippen LogP contribution in [0.2, 0.25) is 0 Å². The Kier molecular flexibility index (Phi) is 4.76. The molecule has 1 saturated heterocycles. The summed E-state index contributed by atoms with van der Waals surface area (Å²) in [6, 6.07) is 0. The van der Waals surface area contributed by atoms with Gasteiger partial charge in [-0.25, -0.2) is 0 Å². The zero-order valence-corrected chi connectivity index (χ0v) is 13.5. The number of primary amides is 1. The molecule has 2 aliphatic rings. The second-order valence-corrected chi connectivity index (χ2v) is 6.90. The third-order valence-electron chi connectivity index (χ3n) is 5.26. The van der Waals surface area contributed by atoms with Crippen LogP contribution in [-0.2, 0) is 18.4 Å². The zero-order chi connectivity index (χ0) is 15.5. The van der Waals surface area contributed by atoms with Crippen LogP contribution in [0.3, 0.4) is 0 Å². The van der Waals surface area contributed by atoms with Gasteiger partial charge in [-0.3, -0.25) is 9.69 Å². The van der Waals surface area contributed by atoms with Crippen LogP contribution in [0.4, 0.5) is 0 Å². The summed E-state index contributed by atoms with van der Waals surface area (Å²) >= 11 is 0. The van der Waals surface area contributed by atoms with E-state index in [1.54, 1.807) is 0 Å². The van der Waals surface area contributed by atoms with Gasteiger partial charge in [0.15, 0.2) is 0 Å². The number of aromatic nitrogens is 3. The molecular weight excluding hydrogens is 278 g/mol. The van der Waals surface area contributed by atoms with Gasteiger partial charge in [0.2, 0.25) is 5.91 Å². The van der Waals surface area contributed by atoms with Crippen LogP contribution < -0.4 is 5.73 Å². The molecule has 1 aromatic rings. The van der Waals surface area contributed by atoms with E-state index in [0.29, 0.717) is 18.3 Å². The van der Waals surface area contributed by atoms with E-state index < -0.39 is 0 Å². The molecule has 1 aliphatic heterocycles. The standard InChI is InChI=1S/C16H27N5O/c1-20-15(18-19-16(20)13-5-2-6-13)11-21-8-3-4-12(7-9-21)10-14(17)22/h12-13H,2-11H2,1H3,(H2,17,22). The number of hydrogen-bond donors (Lipinski definition) is 1. The first-order chi connectivity index (χ1) is 10.6. The molecule has 122 valence electrons. The molecule has 1 saturated carbocycles. The Morgan fingerprint density at radius 3 is 2.68 bits per heavy atom. The lowest BCUT2D eigenvalue weighted by Crippen LogP contribution is -2.26. The van der Waals surface area contributed by atoms with Gasteiger partial charge in [-0.1, -0.05) is 6.42 Å². The smallest absolute Gasteiger partial charge is 0.217 e. The number of carbonyl (C=O) groups is 1. The van der Waals surface area contributed by atoms with E-state index in [9.17, 15) is 4.79 Å². The number of amides is 1. The van der Waals surface area contributed by atoms with Crippen molar-refractivity contribution in [2.24, 2.45) is 18.7 Å². The van der Waals surface area contributed by atoms with Crippen molar-refractivity contribution in [1.82, 2.24) is 19.7 Å². The SMILES string of the molecule is Cn1c(CN2CCCC(CC(N)=O)CC2)nnc1C1CCC1. The lowest BCUT2D eigenvalue weighted by Gasteiger charge is -2.24. The van der Waals surface area contributed by atoms with E-state index in [2.05, 4.69) is 26.7 Å². The molecule has 0 radical (unpaired) electrons. The van der Waals surface area contributed by atoms with Crippen LogP contribution in [0.1, 0.15) is 62.5 Å². The van der Waals surface area contributed by atoms with Crippen molar-refractivity contribution < 1.29 is 4.79 Å². The fraction of sp³-hybridized carbons (Fsp3) is 0.812. The number of rotatable bonds is 5. The third kappa shape index (κ3) is 3.48. The van der Waals surface area contributed by atoms with Crippen LogP contribution in [0.15, 0.2) is 0 Å². The summed E-state index contributed by atoms with van der Waals surface area (Å²) in [4.78, 5) is 13.5. The minimum atomic E-state index is -0.170. The van der Waals surface area contributed by atoms with Gasteiger partial charge in [0, 0.05) is 19.4 Å². The largest absolute Gasteiger partial charge is 0.370 e. The molecule has 1 aromatic heterocycles.